The molecule has 1 amide bonds. The van der Waals surface area contributed by atoms with Gasteiger partial charge >= 0.3 is 0 Å². The molecule has 0 bridgehead atoms. The van der Waals surface area contributed by atoms with Gasteiger partial charge in [-0.3, -0.25) is 9.59 Å². The van der Waals surface area contributed by atoms with E-state index in [0.717, 1.165) is 17.3 Å². The van der Waals surface area contributed by atoms with Crippen molar-refractivity contribution in [1.29, 1.82) is 0 Å². The number of aromatic amines is 1. The first-order valence-corrected chi connectivity index (χ1v) is 8.24. The highest BCUT2D eigenvalue weighted by Crippen LogP contribution is 2.20. The zero-order chi connectivity index (χ0) is 18.0. The molecule has 0 radical (unpaired) electrons. The van der Waals surface area contributed by atoms with Gasteiger partial charge in [-0.2, -0.15) is 0 Å². The summed E-state index contributed by atoms with van der Waals surface area (Å²) in [6.07, 6.45) is 1.71. The number of hydrogen-bond donors (Lipinski definition) is 1. The Kier molecular flexibility index (Phi) is 4.74. The first kappa shape index (κ1) is 17.0. The van der Waals surface area contributed by atoms with Crippen molar-refractivity contribution in [1.82, 2.24) is 14.9 Å². The summed E-state index contributed by atoms with van der Waals surface area (Å²) in [6.45, 7) is 6.02. The Labute approximate surface area is 146 Å². The number of nitrogens with one attached hydrogen (secondary N) is 1. The summed E-state index contributed by atoms with van der Waals surface area (Å²) in [5.74, 6) is 1.37. The van der Waals surface area contributed by atoms with Crippen LogP contribution >= 0.6 is 0 Å². The molecule has 2 aromatic heterocycles. The van der Waals surface area contributed by atoms with E-state index in [4.69, 9.17) is 4.74 Å². The SMILES string of the molecule is COc1ccnc(N2CCN(C(=O)c3c(C)cc(C)[nH]c3=O)CC2)c1. The number of nitrogens with zero attached hydrogens (tertiary/aromatic N) is 3. The molecule has 3 heterocycles. The highest BCUT2D eigenvalue weighted by atomic mass is 16.5. The topological polar surface area (TPSA) is 78.5 Å². The number of aromatic nitrogens is 2. The van der Waals surface area contributed by atoms with Crippen LogP contribution in [-0.4, -0.2) is 54.1 Å². The Morgan fingerprint density at radius 3 is 2.56 bits per heavy atom. The van der Waals surface area contributed by atoms with E-state index in [-0.39, 0.29) is 17.0 Å². The Balaban J connectivity index is 1.72. The van der Waals surface area contributed by atoms with Gasteiger partial charge in [0.2, 0.25) is 0 Å². The van der Waals surface area contributed by atoms with Gasteiger partial charge in [0, 0.05) is 44.1 Å². The third kappa shape index (κ3) is 3.50. The number of ether oxygens (including phenoxy) is 1. The lowest BCUT2D eigenvalue weighted by Gasteiger charge is -2.35. The monoisotopic (exact) mass is 342 g/mol. The van der Waals surface area contributed by atoms with Gasteiger partial charge in [0.1, 0.15) is 17.1 Å². The van der Waals surface area contributed by atoms with Crippen LogP contribution in [0.1, 0.15) is 21.6 Å². The lowest BCUT2D eigenvalue weighted by molar-refractivity contribution is 0.0744. The molecule has 132 valence electrons. The molecule has 0 unspecified atom stereocenters. The minimum atomic E-state index is -0.320. The van der Waals surface area contributed by atoms with E-state index < -0.39 is 0 Å². The number of methoxy groups -OCH3 is 1. The molecule has 7 heteroatoms. The van der Waals surface area contributed by atoms with Crippen LogP contribution in [0.5, 0.6) is 5.75 Å². The normalized spacial score (nSPS) is 14.5. The van der Waals surface area contributed by atoms with Crippen LogP contribution in [0, 0.1) is 13.8 Å². The van der Waals surface area contributed by atoms with Crippen LogP contribution in [0.25, 0.3) is 0 Å². The molecular formula is C18H22N4O3. The van der Waals surface area contributed by atoms with Crippen LogP contribution in [0.2, 0.25) is 0 Å². The molecule has 2 aromatic rings. The maximum Gasteiger partial charge on any atom is 0.261 e. The quantitative estimate of drug-likeness (QED) is 0.911. The number of aryl methyl sites for hydroxylation is 2. The average molecular weight is 342 g/mol. The second-order valence-electron chi connectivity index (χ2n) is 6.17. The zero-order valence-corrected chi connectivity index (χ0v) is 14.7. The van der Waals surface area contributed by atoms with E-state index in [0.29, 0.717) is 31.7 Å². The molecule has 1 fully saturated rings. The highest BCUT2D eigenvalue weighted by Gasteiger charge is 2.25. The van der Waals surface area contributed by atoms with Crippen LogP contribution in [0.4, 0.5) is 5.82 Å². The molecule has 0 aromatic carbocycles. The number of carbonyl (C=O) groups excluding carboxylic acids is 1. The van der Waals surface area contributed by atoms with Gasteiger partial charge in [-0.25, -0.2) is 4.98 Å². The van der Waals surface area contributed by atoms with E-state index in [1.165, 1.54) is 0 Å². The fraction of sp³-hybridized carbons (Fsp3) is 0.389. The van der Waals surface area contributed by atoms with E-state index in [2.05, 4.69) is 14.9 Å². The molecule has 25 heavy (non-hydrogen) atoms. The second kappa shape index (κ2) is 6.96. The summed E-state index contributed by atoms with van der Waals surface area (Å²) in [4.78, 5) is 35.8. The number of piperazine rings is 1. The van der Waals surface area contributed by atoms with Gasteiger partial charge in [0.25, 0.3) is 11.5 Å². The van der Waals surface area contributed by atoms with E-state index in [1.54, 1.807) is 31.2 Å². The van der Waals surface area contributed by atoms with Crippen molar-refractivity contribution in [2.75, 3.05) is 38.2 Å². The molecule has 0 atom stereocenters. The number of rotatable bonds is 3. The van der Waals surface area contributed by atoms with Crippen molar-refractivity contribution in [3.05, 3.63) is 51.6 Å². The van der Waals surface area contributed by atoms with Crippen LogP contribution in [0.15, 0.2) is 29.2 Å². The number of pyridine rings is 2. The van der Waals surface area contributed by atoms with Crippen molar-refractivity contribution in [2.45, 2.75) is 13.8 Å². The summed E-state index contributed by atoms with van der Waals surface area (Å²) in [6, 6.07) is 5.51. The number of amides is 1. The largest absolute Gasteiger partial charge is 0.497 e. The van der Waals surface area contributed by atoms with Crippen molar-refractivity contribution in [3.8, 4) is 5.75 Å². The predicted octanol–water partition coefficient (Wildman–Crippen LogP) is 1.36. The molecule has 1 saturated heterocycles. The third-order valence-electron chi connectivity index (χ3n) is 4.42. The molecule has 1 aliphatic heterocycles. The minimum absolute atomic E-state index is 0.211. The summed E-state index contributed by atoms with van der Waals surface area (Å²) in [5.41, 5.74) is 1.38. The van der Waals surface area contributed by atoms with Gasteiger partial charge in [-0.1, -0.05) is 0 Å². The number of anilines is 1. The van der Waals surface area contributed by atoms with Gasteiger partial charge in [0.05, 0.1) is 7.11 Å². The van der Waals surface area contributed by atoms with Crippen molar-refractivity contribution < 1.29 is 9.53 Å². The average Bonchev–Trinajstić information content (AvgIpc) is 2.61. The van der Waals surface area contributed by atoms with E-state index >= 15 is 0 Å². The Morgan fingerprint density at radius 1 is 1.20 bits per heavy atom. The van der Waals surface area contributed by atoms with Gasteiger partial charge < -0.3 is 19.5 Å². The third-order valence-corrected chi connectivity index (χ3v) is 4.42. The molecule has 7 nitrogen and oxygen atoms in total. The number of H-pyrrole nitrogens is 1. The fourth-order valence-corrected chi connectivity index (χ4v) is 3.12. The molecule has 0 spiro atoms. The first-order valence-electron chi connectivity index (χ1n) is 8.24. The standard InChI is InChI=1S/C18H22N4O3/c1-12-10-13(2)20-17(23)16(12)18(24)22-8-6-21(7-9-22)15-11-14(25-3)4-5-19-15/h4-5,10-11H,6-9H2,1-3H3,(H,20,23). The van der Waals surface area contributed by atoms with E-state index in [9.17, 15) is 9.59 Å². The van der Waals surface area contributed by atoms with Crippen LogP contribution in [0.3, 0.4) is 0 Å². The van der Waals surface area contributed by atoms with Gasteiger partial charge in [-0.05, 0) is 31.5 Å². The predicted molar refractivity (Wildman–Crippen MR) is 95.4 cm³/mol. The number of hydrogen-bond acceptors (Lipinski definition) is 5. The lowest BCUT2D eigenvalue weighted by Crippen LogP contribution is -2.50. The van der Waals surface area contributed by atoms with Gasteiger partial charge in [0.15, 0.2) is 0 Å². The summed E-state index contributed by atoms with van der Waals surface area (Å²) >= 11 is 0. The maximum atomic E-state index is 12.7. The van der Waals surface area contributed by atoms with Gasteiger partial charge in [-0.15, -0.1) is 0 Å². The summed E-state index contributed by atoms with van der Waals surface area (Å²) in [5, 5.41) is 0. The van der Waals surface area contributed by atoms with Crippen LogP contribution < -0.4 is 15.2 Å². The van der Waals surface area contributed by atoms with Crippen molar-refractivity contribution >= 4 is 11.7 Å². The smallest absolute Gasteiger partial charge is 0.261 e. The second-order valence-corrected chi connectivity index (χ2v) is 6.17. The molecule has 1 N–H and O–H groups in total. The Morgan fingerprint density at radius 2 is 1.92 bits per heavy atom. The fourth-order valence-electron chi connectivity index (χ4n) is 3.12. The molecule has 3 rings (SSSR count). The van der Waals surface area contributed by atoms with Crippen molar-refractivity contribution in [2.24, 2.45) is 0 Å². The zero-order valence-electron chi connectivity index (χ0n) is 14.7. The number of carbonyl (C=O) groups is 1. The lowest BCUT2D eigenvalue weighted by atomic mass is 10.1. The molecular weight excluding hydrogens is 320 g/mol. The Hall–Kier alpha value is -2.83. The summed E-state index contributed by atoms with van der Waals surface area (Å²) in [7, 11) is 1.62. The molecule has 0 aliphatic carbocycles. The molecule has 0 saturated carbocycles. The first-order chi connectivity index (χ1) is 12.0. The van der Waals surface area contributed by atoms with E-state index in [1.807, 2.05) is 19.1 Å². The minimum Gasteiger partial charge on any atom is -0.497 e. The maximum absolute atomic E-state index is 12.7. The molecule has 1 aliphatic rings. The Bertz CT molecular complexity index is 838. The summed E-state index contributed by atoms with van der Waals surface area (Å²) < 4.78 is 5.23. The van der Waals surface area contributed by atoms with Crippen molar-refractivity contribution in [3.63, 3.8) is 0 Å². The van der Waals surface area contributed by atoms with Crippen LogP contribution in [-0.2, 0) is 0 Å². The highest BCUT2D eigenvalue weighted by molar-refractivity contribution is 5.95.